The molecule has 0 aliphatic carbocycles. The summed E-state index contributed by atoms with van der Waals surface area (Å²) in [4.78, 5) is 18.6. The molecule has 0 aromatic carbocycles. The molecule has 20 heavy (non-hydrogen) atoms. The summed E-state index contributed by atoms with van der Waals surface area (Å²) < 4.78 is 28.9. The van der Waals surface area contributed by atoms with Gasteiger partial charge in [-0.1, -0.05) is 18.6 Å². The van der Waals surface area contributed by atoms with Crippen molar-refractivity contribution in [2.24, 2.45) is 0 Å². The molecule has 0 amide bonds. The number of carbonyl (C=O) groups is 1. The molecule has 6 nitrogen and oxygen atoms in total. The SMILES string of the molecule is COC(=O)c1c(C)[nH]c(C2CCCCS2(=O)=O)nc1=S. The van der Waals surface area contributed by atoms with Gasteiger partial charge in [0.15, 0.2) is 9.84 Å². The predicted octanol–water partition coefficient (Wildman–Crippen LogP) is 1.87. The van der Waals surface area contributed by atoms with Crippen LogP contribution in [0.4, 0.5) is 0 Å². The van der Waals surface area contributed by atoms with E-state index >= 15 is 0 Å². The lowest BCUT2D eigenvalue weighted by Crippen LogP contribution is -2.24. The highest BCUT2D eigenvalue weighted by atomic mass is 32.2. The van der Waals surface area contributed by atoms with Crippen LogP contribution in [0.3, 0.4) is 0 Å². The summed E-state index contributed by atoms with van der Waals surface area (Å²) in [6.45, 7) is 1.66. The molecule has 0 spiro atoms. The number of hydrogen-bond donors (Lipinski definition) is 1. The van der Waals surface area contributed by atoms with Gasteiger partial charge in [0.05, 0.1) is 12.9 Å². The van der Waals surface area contributed by atoms with E-state index in [2.05, 4.69) is 14.7 Å². The minimum absolute atomic E-state index is 0.0730. The molecule has 110 valence electrons. The second-order valence-corrected chi connectivity index (χ2v) is 7.46. The van der Waals surface area contributed by atoms with Crippen LogP contribution in [0.15, 0.2) is 0 Å². The largest absolute Gasteiger partial charge is 0.465 e. The first-order chi connectivity index (χ1) is 9.36. The molecule has 1 aliphatic rings. The Morgan fingerprint density at radius 2 is 2.15 bits per heavy atom. The molecule has 8 heteroatoms. The maximum Gasteiger partial charge on any atom is 0.342 e. The van der Waals surface area contributed by atoms with Crippen molar-refractivity contribution in [3.63, 3.8) is 0 Å². The molecule has 1 aliphatic heterocycles. The number of rotatable bonds is 2. The van der Waals surface area contributed by atoms with E-state index in [1.807, 2.05) is 0 Å². The number of aromatic amines is 1. The summed E-state index contributed by atoms with van der Waals surface area (Å²) >= 11 is 5.09. The molecule has 1 N–H and O–H groups in total. The highest BCUT2D eigenvalue weighted by Crippen LogP contribution is 2.31. The van der Waals surface area contributed by atoms with Crippen molar-refractivity contribution >= 4 is 28.0 Å². The topological polar surface area (TPSA) is 89.1 Å². The number of hydrogen-bond acceptors (Lipinski definition) is 6. The number of methoxy groups -OCH3 is 1. The Morgan fingerprint density at radius 3 is 2.70 bits per heavy atom. The first kappa shape index (κ1) is 15.1. The van der Waals surface area contributed by atoms with Gasteiger partial charge in [-0.25, -0.2) is 18.2 Å². The molecule has 1 aromatic heterocycles. The van der Waals surface area contributed by atoms with Crippen molar-refractivity contribution in [3.8, 4) is 0 Å². The van der Waals surface area contributed by atoms with E-state index in [1.165, 1.54) is 7.11 Å². The maximum atomic E-state index is 12.1. The molecular formula is C12H16N2O4S2. The van der Waals surface area contributed by atoms with Crippen molar-refractivity contribution in [3.05, 3.63) is 21.7 Å². The predicted molar refractivity (Wildman–Crippen MR) is 75.9 cm³/mol. The summed E-state index contributed by atoms with van der Waals surface area (Å²) in [5.41, 5.74) is 0.659. The zero-order valence-corrected chi connectivity index (χ0v) is 12.9. The van der Waals surface area contributed by atoms with Gasteiger partial charge < -0.3 is 9.72 Å². The summed E-state index contributed by atoms with van der Waals surface area (Å²) in [6, 6.07) is 0. The minimum atomic E-state index is -3.21. The van der Waals surface area contributed by atoms with E-state index in [9.17, 15) is 13.2 Å². The molecule has 1 unspecified atom stereocenters. The number of aryl methyl sites for hydroxylation is 1. The lowest BCUT2D eigenvalue weighted by atomic mass is 10.1. The fourth-order valence-corrected chi connectivity index (χ4v) is 4.57. The highest BCUT2D eigenvalue weighted by Gasteiger charge is 2.32. The van der Waals surface area contributed by atoms with E-state index in [0.29, 0.717) is 24.4 Å². The van der Waals surface area contributed by atoms with Gasteiger partial charge in [0, 0.05) is 5.69 Å². The van der Waals surface area contributed by atoms with Crippen LogP contribution in [-0.4, -0.2) is 37.2 Å². The third-order valence-corrected chi connectivity index (χ3v) is 5.88. The Labute approximate surface area is 122 Å². The first-order valence-corrected chi connectivity index (χ1v) is 8.40. The number of H-pyrrole nitrogens is 1. The van der Waals surface area contributed by atoms with Crippen molar-refractivity contribution in [1.29, 1.82) is 0 Å². The van der Waals surface area contributed by atoms with Crippen LogP contribution in [0.5, 0.6) is 0 Å². The lowest BCUT2D eigenvalue weighted by molar-refractivity contribution is 0.0598. The molecular weight excluding hydrogens is 300 g/mol. The molecule has 1 atom stereocenters. The number of nitrogens with one attached hydrogen (secondary N) is 1. The molecule has 1 saturated heterocycles. The number of sulfone groups is 1. The Morgan fingerprint density at radius 1 is 1.45 bits per heavy atom. The fraction of sp³-hybridized carbons (Fsp3) is 0.583. The Balaban J connectivity index is 2.50. The molecule has 1 fully saturated rings. The second-order valence-electron chi connectivity index (χ2n) is 4.77. The van der Waals surface area contributed by atoms with Crippen molar-refractivity contribution < 1.29 is 17.9 Å². The summed E-state index contributed by atoms with van der Waals surface area (Å²) in [5, 5.41) is -0.664. The number of ether oxygens (including phenoxy) is 1. The Hall–Kier alpha value is -1.28. The van der Waals surface area contributed by atoms with Crippen molar-refractivity contribution in [2.45, 2.75) is 31.4 Å². The zero-order chi connectivity index (χ0) is 14.9. The number of aromatic nitrogens is 2. The molecule has 0 saturated carbocycles. The standard InChI is InChI=1S/C12H16N2O4S2/c1-7-9(12(15)18-2)11(19)14-10(13-7)8-5-3-4-6-20(8,16)17/h8H,3-6H2,1-2H3,(H,13,14,19). The molecule has 1 aromatic rings. The quantitative estimate of drug-likeness (QED) is 0.662. The van der Waals surface area contributed by atoms with E-state index < -0.39 is 21.1 Å². The minimum Gasteiger partial charge on any atom is -0.465 e. The highest BCUT2D eigenvalue weighted by molar-refractivity contribution is 7.91. The smallest absolute Gasteiger partial charge is 0.342 e. The van der Waals surface area contributed by atoms with Gasteiger partial charge in [-0.05, 0) is 19.8 Å². The second kappa shape index (κ2) is 5.61. The van der Waals surface area contributed by atoms with Crippen molar-refractivity contribution in [2.75, 3.05) is 12.9 Å². The van der Waals surface area contributed by atoms with Gasteiger partial charge in [0.25, 0.3) is 0 Å². The third kappa shape index (κ3) is 2.76. The van der Waals surface area contributed by atoms with Gasteiger partial charge >= 0.3 is 5.97 Å². The van der Waals surface area contributed by atoms with Gasteiger partial charge in [-0.2, -0.15) is 0 Å². The summed E-state index contributed by atoms with van der Waals surface area (Å²) in [6.07, 6.45) is 2.04. The van der Waals surface area contributed by atoms with E-state index in [-0.39, 0.29) is 16.0 Å². The van der Waals surface area contributed by atoms with E-state index in [1.54, 1.807) is 6.92 Å². The van der Waals surface area contributed by atoms with Gasteiger partial charge in [-0.15, -0.1) is 0 Å². The average molecular weight is 316 g/mol. The van der Waals surface area contributed by atoms with Crippen LogP contribution >= 0.6 is 12.2 Å². The zero-order valence-electron chi connectivity index (χ0n) is 11.3. The van der Waals surface area contributed by atoms with Crippen molar-refractivity contribution in [1.82, 2.24) is 9.97 Å². The monoisotopic (exact) mass is 316 g/mol. The van der Waals surface area contributed by atoms with Crippen LogP contribution in [0, 0.1) is 11.6 Å². The van der Waals surface area contributed by atoms with E-state index in [0.717, 1.165) is 6.42 Å². The molecule has 0 bridgehead atoms. The van der Waals surface area contributed by atoms with Crippen LogP contribution in [0.1, 0.15) is 46.4 Å². The molecule has 0 radical (unpaired) electrons. The van der Waals surface area contributed by atoms with Crippen LogP contribution in [-0.2, 0) is 14.6 Å². The molecule has 2 rings (SSSR count). The van der Waals surface area contributed by atoms with Crippen LogP contribution in [0.2, 0.25) is 0 Å². The number of nitrogens with zero attached hydrogens (tertiary/aromatic N) is 1. The Kier molecular flexibility index (Phi) is 4.24. The number of esters is 1. The maximum absolute atomic E-state index is 12.1. The average Bonchev–Trinajstić information content (AvgIpc) is 2.36. The normalized spacial score (nSPS) is 21.4. The number of carbonyl (C=O) groups excluding carboxylic acids is 1. The Bertz CT molecular complexity index is 694. The van der Waals surface area contributed by atoms with Gasteiger partial charge in [-0.3, -0.25) is 0 Å². The van der Waals surface area contributed by atoms with Crippen LogP contribution in [0.25, 0.3) is 0 Å². The van der Waals surface area contributed by atoms with Gasteiger partial charge in [0.1, 0.15) is 21.3 Å². The summed E-state index contributed by atoms with van der Waals surface area (Å²) in [7, 11) is -1.95. The lowest BCUT2D eigenvalue weighted by Gasteiger charge is -2.22. The van der Waals surface area contributed by atoms with Gasteiger partial charge in [0.2, 0.25) is 0 Å². The first-order valence-electron chi connectivity index (χ1n) is 6.27. The van der Waals surface area contributed by atoms with E-state index in [4.69, 9.17) is 12.2 Å². The summed E-state index contributed by atoms with van der Waals surface area (Å²) in [5.74, 6) is -0.0910. The van der Waals surface area contributed by atoms with Crippen LogP contribution < -0.4 is 0 Å². The fourth-order valence-electron chi connectivity index (χ4n) is 2.36. The third-order valence-electron chi connectivity index (χ3n) is 3.40. The molecule has 2 heterocycles.